The molecule has 0 amide bonds. The quantitative estimate of drug-likeness (QED) is 0.889. The summed E-state index contributed by atoms with van der Waals surface area (Å²) in [6.07, 6.45) is 1.60. The van der Waals surface area contributed by atoms with Crippen molar-refractivity contribution in [1.29, 1.82) is 0 Å². The Morgan fingerprint density at radius 1 is 1.37 bits per heavy atom. The highest BCUT2D eigenvalue weighted by Gasteiger charge is 2.26. The maximum absolute atomic E-state index is 12.1. The summed E-state index contributed by atoms with van der Waals surface area (Å²) in [4.78, 5) is 26.0. The number of fused-ring (bicyclic) bond motifs is 1. The highest BCUT2D eigenvalue weighted by atomic mass is 16.4. The van der Waals surface area contributed by atoms with Crippen LogP contribution >= 0.6 is 0 Å². The monoisotopic (exact) mass is 262 g/mol. The first-order valence-electron chi connectivity index (χ1n) is 6.41. The lowest BCUT2D eigenvalue weighted by Crippen LogP contribution is -2.36. The van der Waals surface area contributed by atoms with E-state index in [1.54, 1.807) is 16.7 Å². The van der Waals surface area contributed by atoms with Crippen LogP contribution in [0, 0.1) is 0 Å². The third kappa shape index (κ3) is 2.05. The van der Waals surface area contributed by atoms with Gasteiger partial charge in [-0.1, -0.05) is 13.8 Å². The van der Waals surface area contributed by atoms with Crippen LogP contribution in [0.25, 0.3) is 11.0 Å². The van der Waals surface area contributed by atoms with Crippen molar-refractivity contribution in [1.82, 2.24) is 9.55 Å². The van der Waals surface area contributed by atoms with Crippen molar-refractivity contribution in [2.24, 2.45) is 0 Å². The molecular weight excluding hydrogens is 244 g/mol. The number of nitrogens with zero attached hydrogens (tertiary/aromatic N) is 1. The number of rotatable bonds is 4. The molecule has 5 nitrogen and oxygen atoms in total. The zero-order valence-electron chi connectivity index (χ0n) is 11.4. The van der Waals surface area contributed by atoms with Gasteiger partial charge in [0.2, 0.25) is 0 Å². The number of hydrogen-bond donors (Lipinski definition) is 2. The Kier molecular flexibility index (Phi) is 3.22. The van der Waals surface area contributed by atoms with Crippen LogP contribution in [0.2, 0.25) is 0 Å². The number of nitrogens with one attached hydrogen (secondary N) is 1. The van der Waals surface area contributed by atoms with E-state index >= 15 is 0 Å². The van der Waals surface area contributed by atoms with Crippen LogP contribution in [0.4, 0.5) is 0 Å². The smallest absolute Gasteiger partial charge is 0.335 e. The van der Waals surface area contributed by atoms with E-state index in [1.807, 2.05) is 20.8 Å². The Labute approximate surface area is 110 Å². The molecule has 0 saturated carbocycles. The molecule has 5 heteroatoms. The van der Waals surface area contributed by atoms with E-state index in [4.69, 9.17) is 5.11 Å². The van der Waals surface area contributed by atoms with E-state index in [9.17, 15) is 9.59 Å². The molecule has 0 aliphatic rings. The number of hydrogen-bond acceptors (Lipinski definition) is 2. The number of carboxylic acid groups (broad SMARTS) is 1. The maximum Gasteiger partial charge on any atom is 0.335 e. The molecule has 0 unspecified atom stereocenters. The molecule has 0 bridgehead atoms. The van der Waals surface area contributed by atoms with Crippen molar-refractivity contribution in [3.63, 3.8) is 0 Å². The Bertz CT molecular complexity index is 678. The van der Waals surface area contributed by atoms with Crippen molar-refractivity contribution in [2.75, 3.05) is 0 Å². The highest BCUT2D eigenvalue weighted by molar-refractivity contribution is 5.92. The fourth-order valence-electron chi connectivity index (χ4n) is 2.34. The second kappa shape index (κ2) is 4.57. The Morgan fingerprint density at radius 3 is 2.53 bits per heavy atom. The molecular formula is C14H18N2O3. The lowest BCUT2D eigenvalue weighted by Gasteiger charge is -2.28. The fraction of sp³-hybridized carbons (Fsp3) is 0.429. The number of aromatic amines is 1. The average molecular weight is 262 g/mol. The van der Waals surface area contributed by atoms with E-state index in [2.05, 4.69) is 4.98 Å². The second-order valence-corrected chi connectivity index (χ2v) is 5.01. The Morgan fingerprint density at radius 2 is 2.00 bits per heavy atom. The van der Waals surface area contributed by atoms with E-state index in [0.29, 0.717) is 11.0 Å². The Balaban J connectivity index is 2.79. The number of carboxylic acids is 1. The van der Waals surface area contributed by atoms with Gasteiger partial charge in [0.25, 0.3) is 0 Å². The van der Waals surface area contributed by atoms with E-state index in [-0.39, 0.29) is 16.8 Å². The molecule has 1 aromatic carbocycles. The highest BCUT2D eigenvalue weighted by Crippen LogP contribution is 2.27. The fourth-order valence-corrected chi connectivity index (χ4v) is 2.34. The van der Waals surface area contributed by atoms with Crippen molar-refractivity contribution in [2.45, 2.75) is 39.2 Å². The molecule has 2 N–H and O–H groups in total. The second-order valence-electron chi connectivity index (χ2n) is 5.01. The zero-order valence-corrected chi connectivity index (χ0v) is 11.4. The van der Waals surface area contributed by atoms with Gasteiger partial charge in [-0.25, -0.2) is 9.59 Å². The number of aromatic nitrogens is 2. The van der Waals surface area contributed by atoms with Gasteiger partial charge in [0.15, 0.2) is 0 Å². The first kappa shape index (κ1) is 13.4. The normalized spacial score (nSPS) is 11.9. The molecule has 102 valence electrons. The standard InChI is InChI=1S/C14H18N2O3/c1-4-14(3,5-2)16-11-8-9(12(17)18)6-7-10(11)15-13(16)19/h6-8H,4-5H2,1-3H3,(H,15,19)(H,17,18). The molecule has 1 heterocycles. The van der Waals surface area contributed by atoms with Crippen LogP contribution in [-0.4, -0.2) is 20.6 Å². The van der Waals surface area contributed by atoms with Crippen LogP contribution < -0.4 is 5.69 Å². The topological polar surface area (TPSA) is 75.1 Å². The summed E-state index contributed by atoms with van der Waals surface area (Å²) in [6, 6.07) is 4.70. The van der Waals surface area contributed by atoms with Gasteiger partial charge in [-0.3, -0.25) is 4.57 Å². The van der Waals surface area contributed by atoms with Crippen molar-refractivity contribution < 1.29 is 9.90 Å². The maximum atomic E-state index is 12.1. The minimum atomic E-state index is -0.989. The van der Waals surface area contributed by atoms with Crippen LogP contribution in [0.3, 0.4) is 0 Å². The summed E-state index contributed by atoms with van der Waals surface area (Å²) >= 11 is 0. The van der Waals surface area contributed by atoms with Crippen LogP contribution in [0.5, 0.6) is 0 Å². The molecule has 0 radical (unpaired) electrons. The van der Waals surface area contributed by atoms with Gasteiger partial charge in [-0.15, -0.1) is 0 Å². The molecule has 2 rings (SSSR count). The number of imidazole rings is 1. The van der Waals surface area contributed by atoms with Gasteiger partial charge in [-0.2, -0.15) is 0 Å². The summed E-state index contributed by atoms with van der Waals surface area (Å²) in [5.74, 6) is -0.989. The summed E-state index contributed by atoms with van der Waals surface area (Å²) in [7, 11) is 0. The van der Waals surface area contributed by atoms with Gasteiger partial charge in [-0.05, 0) is 38.0 Å². The molecule has 0 aliphatic carbocycles. The number of aromatic carboxylic acids is 1. The van der Waals surface area contributed by atoms with Gasteiger partial charge >= 0.3 is 11.7 Å². The van der Waals surface area contributed by atoms with Crippen LogP contribution in [0.1, 0.15) is 44.0 Å². The van der Waals surface area contributed by atoms with Gasteiger partial charge < -0.3 is 10.1 Å². The number of benzene rings is 1. The minimum absolute atomic E-state index is 0.190. The number of carbonyl (C=O) groups is 1. The molecule has 0 saturated heterocycles. The summed E-state index contributed by atoms with van der Waals surface area (Å²) < 4.78 is 1.68. The van der Waals surface area contributed by atoms with Crippen LogP contribution in [0.15, 0.2) is 23.0 Å². The third-order valence-electron chi connectivity index (χ3n) is 3.99. The molecule has 1 aromatic heterocycles. The molecule has 0 atom stereocenters. The zero-order chi connectivity index (χ0) is 14.2. The lowest BCUT2D eigenvalue weighted by atomic mass is 9.95. The SMILES string of the molecule is CCC(C)(CC)n1c(=O)[nH]c2ccc(C(=O)O)cc21. The van der Waals surface area contributed by atoms with Gasteiger partial charge in [0.1, 0.15) is 0 Å². The minimum Gasteiger partial charge on any atom is -0.478 e. The van der Waals surface area contributed by atoms with Crippen LogP contribution in [-0.2, 0) is 5.54 Å². The largest absolute Gasteiger partial charge is 0.478 e. The van der Waals surface area contributed by atoms with Gasteiger partial charge in [0.05, 0.1) is 16.6 Å². The van der Waals surface area contributed by atoms with E-state index in [1.165, 1.54) is 6.07 Å². The molecule has 0 spiro atoms. The van der Waals surface area contributed by atoms with E-state index in [0.717, 1.165) is 12.8 Å². The predicted octanol–water partition coefficient (Wildman–Crippen LogP) is 2.56. The molecule has 19 heavy (non-hydrogen) atoms. The van der Waals surface area contributed by atoms with Crippen molar-refractivity contribution in [3.05, 3.63) is 34.2 Å². The van der Waals surface area contributed by atoms with Crippen molar-refractivity contribution >= 4 is 17.0 Å². The molecule has 0 aliphatic heterocycles. The number of H-pyrrole nitrogens is 1. The first-order valence-corrected chi connectivity index (χ1v) is 6.41. The van der Waals surface area contributed by atoms with Crippen molar-refractivity contribution in [3.8, 4) is 0 Å². The predicted molar refractivity (Wildman–Crippen MR) is 73.7 cm³/mol. The van der Waals surface area contributed by atoms with E-state index < -0.39 is 5.97 Å². The molecule has 2 aromatic rings. The van der Waals surface area contributed by atoms with Gasteiger partial charge in [0, 0.05) is 5.54 Å². The summed E-state index contributed by atoms with van der Waals surface area (Å²) in [6.45, 7) is 6.06. The Hall–Kier alpha value is -2.04. The third-order valence-corrected chi connectivity index (χ3v) is 3.99. The average Bonchev–Trinajstić information content (AvgIpc) is 2.73. The first-order chi connectivity index (χ1) is 8.92. The molecule has 0 fully saturated rings. The lowest BCUT2D eigenvalue weighted by molar-refractivity contribution is 0.0697. The summed E-state index contributed by atoms with van der Waals surface area (Å²) in [5, 5.41) is 9.06. The summed E-state index contributed by atoms with van der Waals surface area (Å²) in [5.41, 5.74) is 1.00.